The SMILES string of the molecule is CCOc1ccc(Br)cc1S(=O)(=O)N1CCN(c2cc(Nc3ccc(C)cc3)nc(C)n2)CC1. The smallest absolute Gasteiger partial charge is 0.246 e. The van der Waals surface area contributed by atoms with E-state index in [1.54, 1.807) is 18.2 Å². The third-order valence-corrected chi connectivity index (χ3v) is 7.95. The fraction of sp³-hybridized carbons (Fsp3) is 0.333. The number of nitrogens with zero attached hydrogens (tertiary/aromatic N) is 4. The van der Waals surface area contributed by atoms with Gasteiger partial charge in [0.25, 0.3) is 0 Å². The fourth-order valence-corrected chi connectivity index (χ4v) is 5.91. The lowest BCUT2D eigenvalue weighted by atomic mass is 10.2. The van der Waals surface area contributed by atoms with Crippen molar-refractivity contribution in [1.82, 2.24) is 14.3 Å². The highest BCUT2D eigenvalue weighted by molar-refractivity contribution is 9.10. The Bertz CT molecular complexity index is 1260. The van der Waals surface area contributed by atoms with Gasteiger partial charge in [0.2, 0.25) is 10.0 Å². The molecule has 0 aliphatic carbocycles. The van der Waals surface area contributed by atoms with Crippen LogP contribution in [-0.4, -0.2) is 55.5 Å². The first-order chi connectivity index (χ1) is 16.3. The summed E-state index contributed by atoms with van der Waals surface area (Å²) in [6.45, 7) is 7.88. The summed E-state index contributed by atoms with van der Waals surface area (Å²) in [7, 11) is -3.70. The number of hydrogen-bond acceptors (Lipinski definition) is 7. The Balaban J connectivity index is 1.49. The molecule has 1 aliphatic heterocycles. The standard InChI is InChI=1S/C24H28BrN5O3S/c1-4-33-21-10-7-19(25)15-22(21)34(31,32)30-13-11-29(12-14-30)24-16-23(26-18(3)27-24)28-20-8-5-17(2)6-9-20/h5-10,15-16H,4,11-14H2,1-3H3,(H,26,27,28). The summed E-state index contributed by atoms with van der Waals surface area (Å²) in [5.41, 5.74) is 2.14. The summed E-state index contributed by atoms with van der Waals surface area (Å²) in [4.78, 5) is 11.4. The van der Waals surface area contributed by atoms with Gasteiger partial charge in [0.15, 0.2) is 0 Å². The summed E-state index contributed by atoms with van der Waals surface area (Å²) in [5, 5.41) is 3.33. The number of aromatic nitrogens is 2. The normalized spacial score (nSPS) is 14.8. The van der Waals surface area contributed by atoms with Crippen molar-refractivity contribution in [1.29, 1.82) is 0 Å². The van der Waals surface area contributed by atoms with Crippen molar-refractivity contribution in [2.45, 2.75) is 25.7 Å². The van der Waals surface area contributed by atoms with Gasteiger partial charge in [0.05, 0.1) is 6.61 Å². The summed E-state index contributed by atoms with van der Waals surface area (Å²) >= 11 is 3.38. The van der Waals surface area contributed by atoms with E-state index in [-0.39, 0.29) is 4.90 Å². The Labute approximate surface area is 209 Å². The zero-order valence-corrected chi connectivity index (χ0v) is 21.9. The lowest BCUT2D eigenvalue weighted by Gasteiger charge is -2.35. The monoisotopic (exact) mass is 545 g/mol. The number of sulfonamides is 1. The van der Waals surface area contributed by atoms with Crippen LogP contribution in [0.15, 0.2) is 57.9 Å². The van der Waals surface area contributed by atoms with E-state index in [4.69, 9.17) is 4.74 Å². The maximum atomic E-state index is 13.4. The first kappa shape index (κ1) is 24.4. The zero-order chi connectivity index (χ0) is 24.3. The zero-order valence-electron chi connectivity index (χ0n) is 19.5. The van der Waals surface area contributed by atoms with E-state index in [1.165, 1.54) is 9.87 Å². The average Bonchev–Trinajstić information content (AvgIpc) is 2.81. The highest BCUT2D eigenvalue weighted by Crippen LogP contribution is 2.31. The van der Waals surface area contributed by atoms with E-state index in [2.05, 4.69) is 36.1 Å². The Morgan fingerprint density at radius 3 is 2.38 bits per heavy atom. The second-order valence-electron chi connectivity index (χ2n) is 8.06. The molecule has 1 N–H and O–H groups in total. The van der Waals surface area contributed by atoms with Crippen molar-refractivity contribution < 1.29 is 13.2 Å². The van der Waals surface area contributed by atoms with Crippen molar-refractivity contribution in [2.24, 2.45) is 0 Å². The van der Waals surface area contributed by atoms with E-state index in [9.17, 15) is 8.42 Å². The number of benzene rings is 2. The van der Waals surface area contributed by atoms with E-state index < -0.39 is 10.0 Å². The Hall–Kier alpha value is -2.69. The number of ether oxygens (including phenoxy) is 1. The largest absolute Gasteiger partial charge is 0.492 e. The maximum absolute atomic E-state index is 13.4. The predicted octanol–water partition coefficient (Wildman–Crippen LogP) is 4.51. The van der Waals surface area contributed by atoms with Crippen molar-refractivity contribution in [2.75, 3.05) is 43.0 Å². The molecule has 0 spiro atoms. The van der Waals surface area contributed by atoms with Crippen molar-refractivity contribution >= 4 is 43.3 Å². The van der Waals surface area contributed by atoms with Crippen LogP contribution in [0.2, 0.25) is 0 Å². The lowest BCUT2D eigenvalue weighted by molar-refractivity contribution is 0.327. The van der Waals surface area contributed by atoms with E-state index >= 15 is 0 Å². The third kappa shape index (κ3) is 5.51. The molecule has 3 aromatic rings. The molecule has 0 amide bonds. The average molecular weight is 546 g/mol. The summed E-state index contributed by atoms with van der Waals surface area (Å²) in [6, 6.07) is 15.1. The first-order valence-corrected chi connectivity index (χ1v) is 13.4. The van der Waals surface area contributed by atoms with E-state index in [0.29, 0.717) is 54.7 Å². The summed E-state index contributed by atoms with van der Waals surface area (Å²) < 4.78 is 34.5. The van der Waals surface area contributed by atoms with Crippen LogP contribution in [0.3, 0.4) is 0 Å². The van der Waals surface area contributed by atoms with E-state index in [1.807, 2.05) is 51.1 Å². The molecular weight excluding hydrogens is 518 g/mol. The minimum atomic E-state index is -3.70. The van der Waals surface area contributed by atoms with E-state index in [0.717, 1.165) is 11.5 Å². The molecule has 1 fully saturated rings. The summed E-state index contributed by atoms with van der Waals surface area (Å²) in [6.07, 6.45) is 0. The highest BCUT2D eigenvalue weighted by Gasteiger charge is 2.31. The van der Waals surface area contributed by atoms with Crippen LogP contribution in [0, 0.1) is 13.8 Å². The minimum absolute atomic E-state index is 0.180. The molecule has 0 bridgehead atoms. The van der Waals surface area contributed by atoms with Gasteiger partial charge in [0, 0.05) is 42.4 Å². The molecule has 34 heavy (non-hydrogen) atoms. The number of aryl methyl sites for hydroxylation is 2. The topological polar surface area (TPSA) is 87.7 Å². The van der Waals surface area contributed by atoms with Crippen LogP contribution in [-0.2, 0) is 10.0 Å². The predicted molar refractivity (Wildman–Crippen MR) is 138 cm³/mol. The molecule has 1 aromatic heterocycles. The number of anilines is 3. The molecule has 10 heteroatoms. The van der Waals surface area contributed by atoms with Crippen LogP contribution in [0.5, 0.6) is 5.75 Å². The molecule has 1 saturated heterocycles. The molecule has 4 rings (SSSR count). The Morgan fingerprint density at radius 1 is 1.00 bits per heavy atom. The molecule has 0 atom stereocenters. The Morgan fingerprint density at radius 2 is 1.71 bits per heavy atom. The molecule has 180 valence electrons. The van der Waals surface area contributed by atoms with Gasteiger partial charge >= 0.3 is 0 Å². The van der Waals surface area contributed by atoms with Crippen molar-refractivity contribution in [3.05, 3.63) is 64.4 Å². The van der Waals surface area contributed by atoms with Gasteiger partial charge in [-0.2, -0.15) is 4.31 Å². The molecule has 1 aliphatic rings. The molecule has 0 radical (unpaired) electrons. The Kier molecular flexibility index (Phi) is 7.39. The number of rotatable bonds is 7. The van der Waals surface area contributed by atoms with Gasteiger partial charge in [-0.15, -0.1) is 0 Å². The molecule has 2 heterocycles. The van der Waals surface area contributed by atoms with Gasteiger partial charge in [0.1, 0.15) is 28.1 Å². The quantitative estimate of drug-likeness (QED) is 0.467. The minimum Gasteiger partial charge on any atom is -0.492 e. The van der Waals surface area contributed by atoms with Gasteiger partial charge in [-0.1, -0.05) is 33.6 Å². The van der Waals surface area contributed by atoms with Crippen LogP contribution in [0.25, 0.3) is 0 Å². The number of nitrogens with one attached hydrogen (secondary N) is 1. The molecule has 0 unspecified atom stereocenters. The first-order valence-electron chi connectivity index (χ1n) is 11.1. The number of piperazine rings is 1. The second kappa shape index (κ2) is 10.3. The van der Waals surface area contributed by atoms with Gasteiger partial charge in [-0.05, 0) is 51.1 Å². The van der Waals surface area contributed by atoms with Gasteiger partial charge in [-0.25, -0.2) is 18.4 Å². The lowest BCUT2D eigenvalue weighted by Crippen LogP contribution is -2.49. The van der Waals surface area contributed by atoms with Crippen LogP contribution in [0.4, 0.5) is 17.3 Å². The molecule has 0 saturated carbocycles. The van der Waals surface area contributed by atoms with Crippen molar-refractivity contribution in [3.8, 4) is 5.75 Å². The molecule has 2 aromatic carbocycles. The summed E-state index contributed by atoms with van der Waals surface area (Å²) in [5.74, 6) is 2.50. The van der Waals surface area contributed by atoms with Crippen LogP contribution in [0.1, 0.15) is 18.3 Å². The van der Waals surface area contributed by atoms with Crippen molar-refractivity contribution in [3.63, 3.8) is 0 Å². The second-order valence-corrected chi connectivity index (χ2v) is 10.9. The van der Waals surface area contributed by atoms with Crippen LogP contribution < -0.4 is 15.0 Å². The highest BCUT2D eigenvalue weighted by atomic mass is 79.9. The fourth-order valence-electron chi connectivity index (χ4n) is 3.82. The third-order valence-electron chi connectivity index (χ3n) is 5.53. The molecule has 8 nitrogen and oxygen atoms in total. The molecular formula is C24H28BrN5O3S. The maximum Gasteiger partial charge on any atom is 0.246 e. The number of halogens is 1. The van der Waals surface area contributed by atoms with Crippen LogP contribution >= 0.6 is 15.9 Å². The van der Waals surface area contributed by atoms with Gasteiger partial charge in [-0.3, -0.25) is 0 Å². The van der Waals surface area contributed by atoms with Gasteiger partial charge < -0.3 is 15.0 Å². The number of hydrogen-bond donors (Lipinski definition) is 1.